The highest BCUT2D eigenvalue weighted by molar-refractivity contribution is 5.97. The molecule has 0 amide bonds. The Morgan fingerprint density at radius 3 is 2.82 bits per heavy atom. The minimum absolute atomic E-state index is 0.0528. The molecule has 0 N–H and O–H groups in total. The van der Waals surface area contributed by atoms with Crippen molar-refractivity contribution in [1.82, 2.24) is 0 Å². The summed E-state index contributed by atoms with van der Waals surface area (Å²) >= 11 is 0. The first-order valence-electron chi connectivity index (χ1n) is 5.37. The second-order valence-corrected chi connectivity index (χ2v) is 3.53. The molecule has 4 nitrogen and oxygen atoms in total. The second-order valence-electron chi connectivity index (χ2n) is 3.53. The number of carbonyl (C=O) groups is 1. The predicted molar refractivity (Wildman–Crippen MR) is 63.3 cm³/mol. The molecule has 0 aliphatic heterocycles. The van der Waals surface area contributed by atoms with E-state index in [0.29, 0.717) is 36.5 Å². The topological polar surface area (TPSA) is 59.3 Å². The fourth-order valence-electron chi connectivity index (χ4n) is 1.37. The van der Waals surface area contributed by atoms with Crippen LogP contribution in [0.1, 0.15) is 30.1 Å². The molecule has 0 spiro atoms. The van der Waals surface area contributed by atoms with Crippen LogP contribution in [0.4, 0.5) is 0 Å². The Morgan fingerprint density at radius 1 is 1.47 bits per heavy atom. The molecule has 0 aliphatic rings. The third-order valence-electron chi connectivity index (χ3n) is 2.26. The standard InChI is InChI=1S/C13H15NO3/c1-10(15)12-6-5-11(16-2)9-13(12)17-8-4-3-7-14/h5-6,9H,3-4,8H2,1-2H3. The summed E-state index contributed by atoms with van der Waals surface area (Å²) < 4.78 is 10.6. The van der Waals surface area contributed by atoms with Gasteiger partial charge in [0, 0.05) is 12.5 Å². The van der Waals surface area contributed by atoms with Crippen LogP contribution in [-0.4, -0.2) is 19.5 Å². The number of Topliss-reactive ketones (excluding diaryl/α,β-unsaturated/α-hetero) is 1. The summed E-state index contributed by atoms with van der Waals surface area (Å²) in [5.74, 6) is 1.10. The van der Waals surface area contributed by atoms with Gasteiger partial charge in [0.1, 0.15) is 11.5 Å². The zero-order valence-corrected chi connectivity index (χ0v) is 10.0. The fraction of sp³-hybridized carbons (Fsp3) is 0.385. The lowest BCUT2D eigenvalue weighted by Gasteiger charge is -2.10. The molecule has 0 unspecified atom stereocenters. The summed E-state index contributed by atoms with van der Waals surface area (Å²) in [7, 11) is 1.56. The van der Waals surface area contributed by atoms with E-state index in [2.05, 4.69) is 0 Å². The van der Waals surface area contributed by atoms with E-state index >= 15 is 0 Å². The molecule has 0 fully saturated rings. The number of ketones is 1. The Labute approximate surface area is 101 Å². The number of hydrogen-bond acceptors (Lipinski definition) is 4. The highest BCUT2D eigenvalue weighted by Crippen LogP contribution is 2.25. The lowest BCUT2D eigenvalue weighted by atomic mass is 10.1. The minimum Gasteiger partial charge on any atom is -0.497 e. The van der Waals surface area contributed by atoms with Crippen LogP contribution >= 0.6 is 0 Å². The van der Waals surface area contributed by atoms with Crippen molar-refractivity contribution in [3.63, 3.8) is 0 Å². The number of carbonyl (C=O) groups excluding carboxylic acids is 1. The van der Waals surface area contributed by atoms with Gasteiger partial charge in [0.2, 0.25) is 0 Å². The molecule has 0 aromatic heterocycles. The summed E-state index contributed by atoms with van der Waals surface area (Å²) in [5, 5.41) is 8.41. The number of ether oxygens (including phenoxy) is 2. The second kappa shape index (κ2) is 6.54. The molecule has 1 rings (SSSR count). The van der Waals surface area contributed by atoms with Gasteiger partial charge in [-0.15, -0.1) is 0 Å². The molecule has 0 heterocycles. The van der Waals surface area contributed by atoms with E-state index in [0.717, 1.165) is 0 Å². The number of methoxy groups -OCH3 is 1. The van der Waals surface area contributed by atoms with Crippen molar-refractivity contribution < 1.29 is 14.3 Å². The smallest absolute Gasteiger partial charge is 0.163 e. The van der Waals surface area contributed by atoms with E-state index in [1.54, 1.807) is 25.3 Å². The van der Waals surface area contributed by atoms with Crippen LogP contribution in [0.15, 0.2) is 18.2 Å². The van der Waals surface area contributed by atoms with E-state index in [-0.39, 0.29) is 5.78 Å². The zero-order valence-electron chi connectivity index (χ0n) is 10.0. The van der Waals surface area contributed by atoms with Crippen molar-refractivity contribution in [3.8, 4) is 17.6 Å². The van der Waals surface area contributed by atoms with Crippen LogP contribution in [0.25, 0.3) is 0 Å². The SMILES string of the molecule is COc1ccc(C(C)=O)c(OCCCC#N)c1. The Balaban J connectivity index is 2.79. The molecular weight excluding hydrogens is 218 g/mol. The third-order valence-corrected chi connectivity index (χ3v) is 2.26. The van der Waals surface area contributed by atoms with Gasteiger partial charge in [0.25, 0.3) is 0 Å². The van der Waals surface area contributed by atoms with Crippen LogP contribution < -0.4 is 9.47 Å². The van der Waals surface area contributed by atoms with Crippen molar-refractivity contribution in [2.75, 3.05) is 13.7 Å². The van der Waals surface area contributed by atoms with Crippen molar-refractivity contribution in [2.24, 2.45) is 0 Å². The van der Waals surface area contributed by atoms with Gasteiger partial charge in [-0.05, 0) is 25.5 Å². The van der Waals surface area contributed by atoms with E-state index in [9.17, 15) is 4.79 Å². The molecule has 0 saturated heterocycles. The van der Waals surface area contributed by atoms with Gasteiger partial charge < -0.3 is 9.47 Å². The Hall–Kier alpha value is -2.02. The van der Waals surface area contributed by atoms with E-state index < -0.39 is 0 Å². The number of hydrogen-bond donors (Lipinski definition) is 0. The van der Waals surface area contributed by atoms with E-state index in [4.69, 9.17) is 14.7 Å². The highest BCUT2D eigenvalue weighted by Gasteiger charge is 2.09. The Bertz CT molecular complexity index is 435. The first kappa shape index (κ1) is 13.0. The van der Waals surface area contributed by atoms with E-state index in [1.807, 2.05) is 6.07 Å². The van der Waals surface area contributed by atoms with Gasteiger partial charge in [0.05, 0.1) is 25.3 Å². The van der Waals surface area contributed by atoms with Gasteiger partial charge in [-0.3, -0.25) is 4.79 Å². The van der Waals surface area contributed by atoms with Gasteiger partial charge in [0.15, 0.2) is 5.78 Å². The normalized spacial score (nSPS) is 9.47. The molecular formula is C13H15NO3. The van der Waals surface area contributed by atoms with E-state index in [1.165, 1.54) is 6.92 Å². The van der Waals surface area contributed by atoms with Crippen molar-refractivity contribution >= 4 is 5.78 Å². The van der Waals surface area contributed by atoms with Crippen LogP contribution in [0.5, 0.6) is 11.5 Å². The molecule has 0 aliphatic carbocycles. The minimum atomic E-state index is -0.0528. The molecule has 0 radical (unpaired) electrons. The molecule has 1 aromatic rings. The summed E-state index contributed by atoms with van der Waals surface area (Å²) in [6, 6.07) is 7.13. The monoisotopic (exact) mass is 233 g/mol. The van der Waals surface area contributed by atoms with Crippen LogP contribution in [-0.2, 0) is 0 Å². The molecule has 1 aromatic carbocycles. The Kier molecular flexibility index (Phi) is 5.02. The molecule has 0 saturated carbocycles. The molecule has 17 heavy (non-hydrogen) atoms. The summed E-state index contributed by atoms with van der Waals surface area (Å²) in [6.45, 7) is 1.91. The summed E-state index contributed by atoms with van der Waals surface area (Å²) in [4.78, 5) is 11.4. The Morgan fingerprint density at radius 2 is 2.24 bits per heavy atom. The maximum atomic E-state index is 11.4. The predicted octanol–water partition coefficient (Wildman–Crippen LogP) is 2.58. The maximum absolute atomic E-state index is 11.4. The fourth-order valence-corrected chi connectivity index (χ4v) is 1.37. The number of nitriles is 1. The number of unbranched alkanes of at least 4 members (excludes halogenated alkanes) is 1. The van der Waals surface area contributed by atoms with Crippen molar-refractivity contribution in [1.29, 1.82) is 5.26 Å². The lowest BCUT2D eigenvalue weighted by Crippen LogP contribution is -2.03. The highest BCUT2D eigenvalue weighted by atomic mass is 16.5. The lowest BCUT2D eigenvalue weighted by molar-refractivity contribution is 0.101. The first-order chi connectivity index (χ1) is 8.19. The number of nitrogens with zero attached hydrogens (tertiary/aromatic N) is 1. The van der Waals surface area contributed by atoms with Gasteiger partial charge in [-0.2, -0.15) is 5.26 Å². The average Bonchev–Trinajstić information content (AvgIpc) is 2.34. The molecule has 0 atom stereocenters. The molecule has 0 bridgehead atoms. The van der Waals surface area contributed by atoms with Crippen LogP contribution in [0, 0.1) is 11.3 Å². The molecule has 4 heteroatoms. The summed E-state index contributed by atoms with van der Waals surface area (Å²) in [5.41, 5.74) is 0.530. The largest absolute Gasteiger partial charge is 0.497 e. The van der Waals surface area contributed by atoms with Crippen molar-refractivity contribution in [3.05, 3.63) is 23.8 Å². The number of benzene rings is 1. The van der Waals surface area contributed by atoms with Gasteiger partial charge in [-0.25, -0.2) is 0 Å². The molecule has 90 valence electrons. The quantitative estimate of drug-likeness (QED) is 0.559. The van der Waals surface area contributed by atoms with Gasteiger partial charge >= 0.3 is 0 Å². The van der Waals surface area contributed by atoms with Gasteiger partial charge in [-0.1, -0.05) is 0 Å². The summed E-state index contributed by atoms with van der Waals surface area (Å²) in [6.07, 6.45) is 1.09. The first-order valence-corrected chi connectivity index (χ1v) is 5.37. The van der Waals surface area contributed by atoms with Crippen LogP contribution in [0.2, 0.25) is 0 Å². The zero-order chi connectivity index (χ0) is 12.7. The maximum Gasteiger partial charge on any atom is 0.163 e. The van der Waals surface area contributed by atoms with Crippen LogP contribution in [0.3, 0.4) is 0 Å². The van der Waals surface area contributed by atoms with Crippen molar-refractivity contribution in [2.45, 2.75) is 19.8 Å². The number of rotatable bonds is 6. The average molecular weight is 233 g/mol. The third kappa shape index (κ3) is 3.80.